The van der Waals surface area contributed by atoms with E-state index in [0.29, 0.717) is 18.8 Å². The van der Waals surface area contributed by atoms with Crippen molar-refractivity contribution in [3.63, 3.8) is 0 Å². The molecule has 0 spiro atoms. The van der Waals surface area contributed by atoms with E-state index in [4.69, 9.17) is 21.1 Å². The molecule has 2 rings (SSSR count). The molecule has 21 heavy (non-hydrogen) atoms. The number of morpholine rings is 1. The Kier molecular flexibility index (Phi) is 6.09. The average molecular weight is 310 g/mol. The highest BCUT2D eigenvalue weighted by molar-refractivity contribution is 6.30. The van der Waals surface area contributed by atoms with Crippen molar-refractivity contribution >= 4 is 11.6 Å². The maximum absolute atomic E-state index is 6.03. The molecule has 0 amide bonds. The van der Waals surface area contributed by atoms with Crippen LogP contribution in [0.2, 0.25) is 5.02 Å². The van der Waals surface area contributed by atoms with Crippen molar-refractivity contribution in [2.24, 2.45) is 0 Å². The molecule has 1 aromatic rings. The van der Waals surface area contributed by atoms with Gasteiger partial charge in [0.25, 0.3) is 0 Å². The van der Waals surface area contributed by atoms with Gasteiger partial charge in [-0.05, 0) is 44.0 Å². The Bertz CT molecular complexity index is 468. The van der Waals surface area contributed by atoms with Crippen molar-refractivity contribution in [1.29, 1.82) is 0 Å². The second-order valence-corrected chi connectivity index (χ2v) is 6.05. The third-order valence-corrected chi connectivity index (χ3v) is 3.78. The summed E-state index contributed by atoms with van der Waals surface area (Å²) >= 11 is 6.03. The number of rotatable bonds is 6. The lowest BCUT2D eigenvalue weighted by atomic mass is 10.1. The van der Waals surface area contributed by atoms with Crippen LogP contribution >= 0.6 is 11.6 Å². The lowest BCUT2D eigenvalue weighted by molar-refractivity contribution is -0.0699. The van der Waals surface area contributed by atoms with Crippen LogP contribution in [0.4, 0.5) is 0 Å². The predicted molar refractivity (Wildman–Crippen MR) is 87.3 cm³/mol. The Morgan fingerprint density at radius 1 is 1.38 bits per heavy atom. The molecule has 0 bridgehead atoms. The van der Waals surface area contributed by atoms with Gasteiger partial charge in [-0.3, -0.25) is 4.90 Å². The van der Waals surface area contributed by atoms with Crippen LogP contribution in [0.25, 0.3) is 0 Å². The van der Waals surface area contributed by atoms with Gasteiger partial charge in [-0.15, -0.1) is 6.58 Å². The van der Waals surface area contributed by atoms with Crippen molar-refractivity contribution < 1.29 is 9.47 Å². The SMILES string of the molecule is C=CCc1cc(Cl)ccc1OCCN1C[C@@H](C)O[C@H](C)C1. The molecule has 116 valence electrons. The van der Waals surface area contributed by atoms with Crippen LogP contribution in [-0.4, -0.2) is 43.3 Å². The summed E-state index contributed by atoms with van der Waals surface area (Å²) in [6, 6.07) is 5.74. The number of halogens is 1. The topological polar surface area (TPSA) is 21.7 Å². The molecule has 3 nitrogen and oxygen atoms in total. The Hall–Kier alpha value is -1.03. The molecule has 1 heterocycles. The van der Waals surface area contributed by atoms with Crippen LogP contribution in [0.5, 0.6) is 5.75 Å². The molecular formula is C17H24ClNO2. The van der Waals surface area contributed by atoms with Gasteiger partial charge in [0.15, 0.2) is 0 Å². The van der Waals surface area contributed by atoms with Gasteiger partial charge in [0, 0.05) is 24.7 Å². The third-order valence-electron chi connectivity index (χ3n) is 3.55. The zero-order valence-corrected chi connectivity index (χ0v) is 13.6. The molecule has 1 aromatic carbocycles. The molecule has 2 atom stereocenters. The Labute approximate surface area is 132 Å². The second-order valence-electron chi connectivity index (χ2n) is 5.61. The number of nitrogens with zero attached hydrogens (tertiary/aromatic N) is 1. The van der Waals surface area contributed by atoms with E-state index in [2.05, 4.69) is 25.3 Å². The van der Waals surface area contributed by atoms with Crippen LogP contribution in [0.15, 0.2) is 30.9 Å². The molecule has 0 aromatic heterocycles. The van der Waals surface area contributed by atoms with Crippen molar-refractivity contribution in [3.8, 4) is 5.75 Å². The maximum Gasteiger partial charge on any atom is 0.122 e. The highest BCUT2D eigenvalue weighted by Gasteiger charge is 2.21. The van der Waals surface area contributed by atoms with Gasteiger partial charge in [0.05, 0.1) is 12.2 Å². The highest BCUT2D eigenvalue weighted by Crippen LogP contribution is 2.23. The maximum atomic E-state index is 6.03. The number of allylic oxidation sites excluding steroid dienone is 1. The molecule has 0 saturated carbocycles. The Morgan fingerprint density at radius 2 is 2.10 bits per heavy atom. The van der Waals surface area contributed by atoms with Gasteiger partial charge >= 0.3 is 0 Å². The summed E-state index contributed by atoms with van der Waals surface area (Å²) < 4.78 is 11.7. The fourth-order valence-corrected chi connectivity index (χ4v) is 2.95. The van der Waals surface area contributed by atoms with Crippen molar-refractivity contribution in [2.75, 3.05) is 26.2 Å². The van der Waals surface area contributed by atoms with E-state index in [1.807, 2.05) is 24.3 Å². The van der Waals surface area contributed by atoms with Gasteiger partial charge in [0.2, 0.25) is 0 Å². The zero-order valence-electron chi connectivity index (χ0n) is 12.8. The van der Waals surface area contributed by atoms with Crippen LogP contribution in [-0.2, 0) is 11.2 Å². The fourth-order valence-electron chi connectivity index (χ4n) is 2.76. The van der Waals surface area contributed by atoms with E-state index < -0.39 is 0 Å². The van der Waals surface area contributed by atoms with E-state index in [9.17, 15) is 0 Å². The van der Waals surface area contributed by atoms with E-state index >= 15 is 0 Å². The minimum Gasteiger partial charge on any atom is -0.492 e. The second kappa shape index (κ2) is 7.83. The minimum absolute atomic E-state index is 0.292. The van der Waals surface area contributed by atoms with Crippen molar-refractivity contribution in [2.45, 2.75) is 32.5 Å². The summed E-state index contributed by atoms with van der Waals surface area (Å²) in [7, 11) is 0. The first-order chi connectivity index (χ1) is 10.1. The summed E-state index contributed by atoms with van der Waals surface area (Å²) in [5.74, 6) is 0.897. The minimum atomic E-state index is 0.292. The van der Waals surface area contributed by atoms with E-state index in [1.54, 1.807) is 0 Å². The van der Waals surface area contributed by atoms with Crippen LogP contribution in [0.1, 0.15) is 19.4 Å². The van der Waals surface area contributed by atoms with Crippen molar-refractivity contribution in [3.05, 3.63) is 41.4 Å². The Morgan fingerprint density at radius 3 is 2.76 bits per heavy atom. The molecular weight excluding hydrogens is 286 g/mol. The quantitative estimate of drug-likeness (QED) is 0.750. The van der Waals surface area contributed by atoms with Gasteiger partial charge < -0.3 is 9.47 Å². The van der Waals surface area contributed by atoms with Crippen LogP contribution in [0, 0.1) is 0 Å². The zero-order chi connectivity index (χ0) is 15.2. The summed E-state index contributed by atoms with van der Waals surface area (Å²) in [5, 5.41) is 0.732. The first kappa shape index (κ1) is 16.3. The Balaban J connectivity index is 1.87. The van der Waals surface area contributed by atoms with Gasteiger partial charge in [0.1, 0.15) is 12.4 Å². The fraction of sp³-hybridized carbons (Fsp3) is 0.529. The average Bonchev–Trinajstić information content (AvgIpc) is 2.40. The summed E-state index contributed by atoms with van der Waals surface area (Å²) in [6.45, 7) is 11.5. The van der Waals surface area contributed by atoms with Gasteiger partial charge in [-0.25, -0.2) is 0 Å². The largest absolute Gasteiger partial charge is 0.492 e. The molecule has 0 aliphatic carbocycles. The molecule has 4 heteroatoms. The van der Waals surface area contributed by atoms with Crippen molar-refractivity contribution in [1.82, 2.24) is 4.90 Å². The standard InChI is InChI=1S/C17H24ClNO2/c1-4-5-15-10-16(18)6-7-17(15)20-9-8-19-11-13(2)21-14(3)12-19/h4,6-7,10,13-14H,1,5,8-9,11-12H2,2-3H3/t13-,14-/m1/s1. The first-order valence-corrected chi connectivity index (χ1v) is 7.86. The van der Waals surface area contributed by atoms with E-state index in [0.717, 1.165) is 42.4 Å². The van der Waals surface area contributed by atoms with E-state index in [-0.39, 0.29) is 0 Å². The number of benzene rings is 1. The number of hydrogen-bond acceptors (Lipinski definition) is 3. The molecule has 1 aliphatic heterocycles. The molecule has 1 aliphatic rings. The van der Waals surface area contributed by atoms with Crippen LogP contribution in [0.3, 0.4) is 0 Å². The normalized spacial score (nSPS) is 23.0. The molecule has 0 N–H and O–H groups in total. The molecule has 1 saturated heterocycles. The molecule has 0 unspecified atom stereocenters. The third kappa shape index (κ3) is 5.03. The monoisotopic (exact) mass is 309 g/mol. The predicted octanol–water partition coefficient (Wildman–Crippen LogP) is 3.56. The smallest absolute Gasteiger partial charge is 0.122 e. The van der Waals surface area contributed by atoms with Crippen LogP contribution < -0.4 is 4.74 Å². The summed E-state index contributed by atoms with van der Waals surface area (Å²) in [4.78, 5) is 2.39. The van der Waals surface area contributed by atoms with Gasteiger partial charge in [-0.1, -0.05) is 17.7 Å². The summed E-state index contributed by atoms with van der Waals surface area (Å²) in [6.07, 6.45) is 3.21. The number of hydrogen-bond donors (Lipinski definition) is 0. The number of ether oxygens (including phenoxy) is 2. The first-order valence-electron chi connectivity index (χ1n) is 7.48. The molecule has 0 radical (unpaired) electrons. The highest BCUT2D eigenvalue weighted by atomic mass is 35.5. The van der Waals surface area contributed by atoms with Gasteiger partial charge in [-0.2, -0.15) is 0 Å². The van der Waals surface area contributed by atoms with E-state index in [1.165, 1.54) is 0 Å². The molecule has 1 fully saturated rings. The lowest BCUT2D eigenvalue weighted by Crippen LogP contribution is -2.46. The lowest BCUT2D eigenvalue weighted by Gasteiger charge is -2.35. The summed E-state index contributed by atoms with van der Waals surface area (Å²) in [5.41, 5.74) is 1.08.